The Hall–Kier alpha value is -0.410. The molecule has 3 aliphatic rings. The van der Waals surface area contributed by atoms with Crippen LogP contribution in [0.4, 0.5) is 4.39 Å². The lowest BCUT2D eigenvalue weighted by molar-refractivity contribution is -0.164. The maximum absolute atomic E-state index is 13.2. The summed E-state index contributed by atoms with van der Waals surface area (Å²) in [5.41, 5.74) is -0.427. The van der Waals surface area contributed by atoms with E-state index >= 15 is 0 Å². The van der Waals surface area contributed by atoms with Crippen LogP contribution in [0.3, 0.4) is 0 Å². The minimum atomic E-state index is -1.15. The maximum atomic E-state index is 13.2. The maximum Gasteiger partial charge on any atom is 0.162 e. The smallest absolute Gasteiger partial charge is 0.162 e. The van der Waals surface area contributed by atoms with Crippen molar-refractivity contribution in [1.29, 1.82) is 0 Å². The first-order chi connectivity index (χ1) is 9.10. The quantitative estimate of drug-likeness (QED) is 0.571. The number of nitrogens with zero attached hydrogens (tertiary/aromatic N) is 2. The number of rotatable bonds is 1. The largest absolute Gasteiger partial charge is 0.394 e. The lowest BCUT2D eigenvalue weighted by atomic mass is 9.99. The molecular formula is C11H17FN2O4S. The number of alkyl halides is 1. The zero-order chi connectivity index (χ0) is 13.6. The molecule has 0 aromatic rings. The lowest BCUT2D eigenvalue weighted by Gasteiger charge is -2.37. The number of hydrogen-bond acceptors (Lipinski definition) is 7. The number of halogens is 1. The number of aliphatic hydroxyl groups is 3. The van der Waals surface area contributed by atoms with Crippen LogP contribution in [-0.4, -0.2) is 81.0 Å². The van der Waals surface area contributed by atoms with Crippen molar-refractivity contribution in [1.82, 2.24) is 4.90 Å². The van der Waals surface area contributed by atoms with E-state index in [-0.39, 0.29) is 6.61 Å². The van der Waals surface area contributed by atoms with Gasteiger partial charge in [-0.05, 0) is 6.42 Å². The molecule has 3 heterocycles. The van der Waals surface area contributed by atoms with Gasteiger partial charge in [0, 0.05) is 6.54 Å². The topological polar surface area (TPSA) is 85.5 Å². The lowest BCUT2D eigenvalue weighted by Crippen LogP contribution is -2.55. The van der Waals surface area contributed by atoms with E-state index in [9.17, 15) is 14.6 Å². The molecule has 0 radical (unpaired) electrons. The van der Waals surface area contributed by atoms with Gasteiger partial charge in [-0.15, -0.1) is 0 Å². The normalized spacial score (nSPS) is 46.3. The van der Waals surface area contributed by atoms with Gasteiger partial charge in [-0.2, -0.15) is 0 Å². The molecular weight excluding hydrogens is 275 g/mol. The molecule has 0 spiro atoms. The van der Waals surface area contributed by atoms with E-state index in [1.807, 2.05) is 4.90 Å². The van der Waals surface area contributed by atoms with Crippen molar-refractivity contribution in [3.63, 3.8) is 0 Å². The van der Waals surface area contributed by atoms with Crippen molar-refractivity contribution in [2.24, 2.45) is 4.99 Å². The van der Waals surface area contributed by atoms with Crippen LogP contribution in [0.15, 0.2) is 4.99 Å². The zero-order valence-corrected chi connectivity index (χ0v) is 11.0. The fourth-order valence-electron chi connectivity index (χ4n) is 2.61. The van der Waals surface area contributed by atoms with Gasteiger partial charge in [0.25, 0.3) is 0 Å². The summed E-state index contributed by atoms with van der Waals surface area (Å²) in [6.45, 7) is 0.565. The van der Waals surface area contributed by atoms with Crippen LogP contribution in [0.1, 0.15) is 6.42 Å². The molecule has 2 saturated heterocycles. The number of likely N-dealkylation sites (tertiary alicyclic amines) is 1. The highest BCUT2D eigenvalue weighted by molar-refractivity contribution is 8.14. The van der Waals surface area contributed by atoms with Gasteiger partial charge in [0.05, 0.1) is 13.2 Å². The van der Waals surface area contributed by atoms with E-state index in [0.717, 1.165) is 0 Å². The Labute approximate surface area is 114 Å². The molecule has 19 heavy (non-hydrogen) atoms. The summed E-state index contributed by atoms with van der Waals surface area (Å²) in [5.74, 6) is 0. The highest BCUT2D eigenvalue weighted by atomic mass is 32.2. The minimum absolute atomic E-state index is 0.313. The Morgan fingerprint density at radius 2 is 2.21 bits per heavy atom. The van der Waals surface area contributed by atoms with Crippen LogP contribution in [-0.2, 0) is 4.74 Å². The summed E-state index contributed by atoms with van der Waals surface area (Å²) in [6, 6.07) is -0.559. The predicted octanol–water partition coefficient (Wildman–Crippen LogP) is -1.06. The van der Waals surface area contributed by atoms with Crippen LogP contribution in [0.25, 0.3) is 0 Å². The number of aliphatic hydroxyl groups excluding tert-OH is 3. The van der Waals surface area contributed by atoms with Crippen LogP contribution >= 0.6 is 11.8 Å². The summed E-state index contributed by atoms with van der Waals surface area (Å²) >= 11 is 1.32. The molecule has 8 heteroatoms. The van der Waals surface area contributed by atoms with E-state index in [0.29, 0.717) is 24.7 Å². The molecule has 0 unspecified atom stereocenters. The summed E-state index contributed by atoms with van der Waals surface area (Å²) in [7, 11) is 0. The number of ether oxygens (including phenoxy) is 1. The van der Waals surface area contributed by atoms with Gasteiger partial charge in [-0.1, -0.05) is 11.8 Å². The van der Waals surface area contributed by atoms with Crippen molar-refractivity contribution >= 4 is 16.9 Å². The Kier molecular flexibility index (Phi) is 3.69. The Morgan fingerprint density at radius 3 is 2.84 bits per heavy atom. The van der Waals surface area contributed by atoms with Gasteiger partial charge in [-0.3, -0.25) is 4.99 Å². The average Bonchev–Trinajstić information content (AvgIpc) is 2.99. The van der Waals surface area contributed by atoms with Crippen molar-refractivity contribution in [2.75, 3.05) is 19.7 Å². The molecule has 3 rings (SSSR count). The van der Waals surface area contributed by atoms with E-state index in [2.05, 4.69) is 4.99 Å². The molecule has 3 aliphatic heterocycles. The number of aliphatic imine (C=N–C) groups is 1. The third kappa shape index (κ3) is 2.36. The first-order valence-electron chi connectivity index (χ1n) is 6.36. The number of thioether (sulfide) groups is 1. The van der Waals surface area contributed by atoms with Crippen LogP contribution in [0.5, 0.6) is 0 Å². The van der Waals surface area contributed by atoms with E-state index in [4.69, 9.17) is 9.84 Å². The van der Waals surface area contributed by atoms with E-state index < -0.39 is 36.0 Å². The first-order valence-corrected chi connectivity index (χ1v) is 7.24. The monoisotopic (exact) mass is 292 g/mol. The van der Waals surface area contributed by atoms with Crippen molar-refractivity contribution in [3.8, 4) is 0 Å². The average molecular weight is 292 g/mol. The molecule has 2 fully saturated rings. The zero-order valence-electron chi connectivity index (χ0n) is 10.2. The van der Waals surface area contributed by atoms with Gasteiger partial charge in [0.15, 0.2) is 5.17 Å². The Morgan fingerprint density at radius 1 is 1.42 bits per heavy atom. The van der Waals surface area contributed by atoms with Crippen LogP contribution < -0.4 is 0 Å². The molecule has 0 saturated carbocycles. The van der Waals surface area contributed by atoms with E-state index in [1.165, 1.54) is 11.8 Å². The molecule has 0 aliphatic carbocycles. The first kappa shape index (κ1) is 13.6. The highest BCUT2D eigenvalue weighted by Gasteiger charge is 2.49. The van der Waals surface area contributed by atoms with Crippen molar-refractivity contribution < 1.29 is 24.4 Å². The summed E-state index contributed by atoms with van der Waals surface area (Å²) in [6.07, 6.45) is -3.37. The third-order valence-electron chi connectivity index (χ3n) is 3.73. The fraction of sp³-hybridized carbons (Fsp3) is 0.909. The molecule has 0 aromatic carbocycles. The van der Waals surface area contributed by atoms with Crippen molar-refractivity contribution in [3.05, 3.63) is 0 Å². The van der Waals surface area contributed by atoms with Gasteiger partial charge in [0.1, 0.15) is 36.0 Å². The molecule has 0 amide bonds. The van der Waals surface area contributed by atoms with Crippen molar-refractivity contribution in [2.45, 2.75) is 42.4 Å². The predicted molar refractivity (Wildman–Crippen MR) is 67.7 cm³/mol. The summed E-state index contributed by atoms with van der Waals surface area (Å²) in [5, 5.41) is 29.6. The third-order valence-corrected chi connectivity index (χ3v) is 4.93. The number of fused-ring (bicyclic) bond motifs is 1. The van der Waals surface area contributed by atoms with Crippen LogP contribution in [0.2, 0.25) is 0 Å². The molecule has 108 valence electrons. The van der Waals surface area contributed by atoms with Crippen LogP contribution in [0, 0.1) is 0 Å². The van der Waals surface area contributed by atoms with Gasteiger partial charge >= 0.3 is 0 Å². The number of amidine groups is 1. The molecule has 3 N–H and O–H groups in total. The summed E-state index contributed by atoms with van der Waals surface area (Å²) < 4.78 is 18.7. The molecule has 0 bridgehead atoms. The SMILES string of the molecule is OC[C@H]1O[C@@H]2SC(N3CC[C@@H](F)C3)=N[C@@H]2[C@@H](O)[C@H]1O. The highest BCUT2D eigenvalue weighted by Crippen LogP contribution is 2.38. The number of hydrogen-bond donors (Lipinski definition) is 3. The minimum Gasteiger partial charge on any atom is -0.394 e. The van der Waals surface area contributed by atoms with Gasteiger partial charge in [-0.25, -0.2) is 4.39 Å². The fourth-order valence-corrected chi connectivity index (χ4v) is 3.88. The summed E-state index contributed by atoms with van der Waals surface area (Å²) in [4.78, 5) is 6.19. The second kappa shape index (κ2) is 5.17. The molecule has 6 nitrogen and oxygen atoms in total. The standard InChI is InChI=1S/C11H17FN2O4S/c12-5-1-2-14(3-5)11-13-7-9(17)8(16)6(4-15)18-10(7)19-11/h5-10,15-17H,1-4H2/t5-,6-,7-,8+,9-,10-/m1/s1. The second-order valence-electron chi connectivity index (χ2n) is 5.06. The second-order valence-corrected chi connectivity index (χ2v) is 6.12. The van der Waals surface area contributed by atoms with Gasteiger partial charge in [0.2, 0.25) is 0 Å². The molecule has 0 aromatic heterocycles. The molecule has 6 atom stereocenters. The Balaban J connectivity index is 1.72. The Bertz CT molecular complexity index is 386. The van der Waals surface area contributed by atoms with E-state index in [1.54, 1.807) is 0 Å². The van der Waals surface area contributed by atoms with Gasteiger partial charge < -0.3 is 25.0 Å².